The van der Waals surface area contributed by atoms with E-state index in [0.717, 1.165) is 6.07 Å². The Balaban J connectivity index is 2.63. The van der Waals surface area contributed by atoms with E-state index in [2.05, 4.69) is 0 Å². The van der Waals surface area contributed by atoms with E-state index in [4.69, 9.17) is 46.4 Å². The van der Waals surface area contributed by atoms with Crippen LogP contribution in [-0.2, 0) is 14.9 Å². The molecule has 3 aromatic carbocycles. The average Bonchev–Trinajstić information content (AvgIpc) is 2.63. The molecule has 152 valence electrons. The van der Waals surface area contributed by atoms with E-state index in [9.17, 15) is 23.2 Å². The van der Waals surface area contributed by atoms with Gasteiger partial charge in [-0.2, -0.15) is 8.42 Å². The molecular formula is C19H12Cl4O5S. The molecule has 0 radical (unpaired) electrons. The third kappa shape index (κ3) is 3.54. The summed E-state index contributed by atoms with van der Waals surface area (Å²) >= 11 is 24.6. The fraction of sp³-hybridized carbons (Fsp3) is 0.0526. The lowest BCUT2D eigenvalue weighted by molar-refractivity contribution is 0.393. The Morgan fingerprint density at radius 3 is 1.86 bits per heavy atom. The Bertz CT molecular complexity index is 1190. The quantitative estimate of drug-likeness (QED) is 0.182. The van der Waals surface area contributed by atoms with Crippen molar-refractivity contribution in [2.45, 2.75) is 4.75 Å². The highest BCUT2D eigenvalue weighted by molar-refractivity contribution is 7.87. The molecule has 0 heterocycles. The van der Waals surface area contributed by atoms with Gasteiger partial charge in [0.05, 0.1) is 15.1 Å². The number of hydrogen-bond donors (Lipinski definition) is 3. The maximum absolute atomic E-state index is 13.0. The Kier molecular flexibility index (Phi) is 5.98. The molecule has 0 saturated heterocycles. The molecule has 0 saturated carbocycles. The van der Waals surface area contributed by atoms with Gasteiger partial charge < -0.3 is 10.2 Å². The number of hydrogen-bond acceptors (Lipinski definition) is 4. The number of halogens is 4. The fourth-order valence-corrected chi connectivity index (χ4v) is 5.45. The predicted octanol–water partition coefficient (Wildman–Crippen LogP) is 5.89. The van der Waals surface area contributed by atoms with Gasteiger partial charge in [0.25, 0.3) is 10.1 Å². The lowest BCUT2D eigenvalue weighted by Crippen LogP contribution is -2.38. The summed E-state index contributed by atoms with van der Waals surface area (Å²) in [6.07, 6.45) is 0. The van der Waals surface area contributed by atoms with Crippen molar-refractivity contribution in [1.29, 1.82) is 0 Å². The van der Waals surface area contributed by atoms with Gasteiger partial charge in [0, 0.05) is 16.1 Å². The first kappa shape index (κ1) is 22.0. The molecule has 0 aliphatic carbocycles. The summed E-state index contributed by atoms with van der Waals surface area (Å²) in [7, 11) is -5.11. The van der Waals surface area contributed by atoms with E-state index in [1.807, 2.05) is 0 Å². The molecule has 29 heavy (non-hydrogen) atoms. The van der Waals surface area contributed by atoms with E-state index in [1.54, 1.807) is 6.07 Å². The van der Waals surface area contributed by atoms with Gasteiger partial charge in [-0.25, -0.2) is 0 Å². The first-order chi connectivity index (χ1) is 13.5. The van der Waals surface area contributed by atoms with Gasteiger partial charge in [0.15, 0.2) is 16.2 Å². The maximum atomic E-state index is 13.0. The standard InChI is InChI=1S/C19H12Cl4O5S/c20-13-6-2-1-4-11(13)19(29(26,27)28,12-5-3-7-16(24)18(12)25)10-8-14(21)17(23)15(22)9-10/h1-9,24-25H,(H,26,27,28). The summed E-state index contributed by atoms with van der Waals surface area (Å²) in [6, 6.07) is 11.9. The monoisotopic (exact) mass is 492 g/mol. The van der Waals surface area contributed by atoms with Crippen LogP contribution in [0.2, 0.25) is 20.1 Å². The summed E-state index contributed by atoms with van der Waals surface area (Å²) in [5, 5.41) is 20.3. The molecule has 0 amide bonds. The van der Waals surface area contributed by atoms with E-state index in [1.165, 1.54) is 42.5 Å². The lowest BCUT2D eigenvalue weighted by atomic mass is 9.83. The van der Waals surface area contributed by atoms with Crippen LogP contribution in [-0.4, -0.2) is 23.2 Å². The van der Waals surface area contributed by atoms with Crippen molar-refractivity contribution in [3.63, 3.8) is 0 Å². The molecule has 3 rings (SSSR count). The van der Waals surface area contributed by atoms with Crippen molar-refractivity contribution in [3.05, 3.63) is 91.4 Å². The number of rotatable bonds is 4. The summed E-state index contributed by atoms with van der Waals surface area (Å²) in [5.41, 5.74) is -0.601. The molecule has 3 aromatic rings. The molecule has 5 nitrogen and oxygen atoms in total. The van der Waals surface area contributed by atoms with Crippen LogP contribution in [0.4, 0.5) is 0 Å². The topological polar surface area (TPSA) is 94.8 Å². The second-order valence-electron chi connectivity index (χ2n) is 6.06. The molecule has 0 fully saturated rings. The molecule has 1 atom stereocenters. The van der Waals surface area contributed by atoms with Crippen molar-refractivity contribution >= 4 is 56.5 Å². The lowest BCUT2D eigenvalue weighted by Gasteiger charge is -2.34. The minimum atomic E-state index is -5.11. The molecule has 0 spiro atoms. The molecule has 0 aliphatic heterocycles. The molecule has 0 bridgehead atoms. The zero-order valence-electron chi connectivity index (χ0n) is 14.3. The van der Waals surface area contributed by atoms with Gasteiger partial charge in [-0.3, -0.25) is 4.55 Å². The van der Waals surface area contributed by atoms with Gasteiger partial charge in [-0.05, 0) is 29.8 Å². The molecule has 0 aliphatic rings. The zero-order chi connectivity index (χ0) is 21.6. The van der Waals surface area contributed by atoms with Crippen LogP contribution in [0.25, 0.3) is 0 Å². The van der Waals surface area contributed by atoms with Gasteiger partial charge in [-0.15, -0.1) is 0 Å². The first-order valence-electron chi connectivity index (χ1n) is 7.90. The summed E-state index contributed by atoms with van der Waals surface area (Å²) < 4.78 is 33.9. The number of phenols is 2. The van der Waals surface area contributed by atoms with Gasteiger partial charge >= 0.3 is 0 Å². The first-order valence-corrected chi connectivity index (χ1v) is 10.9. The van der Waals surface area contributed by atoms with Gasteiger partial charge in [0.1, 0.15) is 0 Å². The minimum Gasteiger partial charge on any atom is -0.504 e. The molecule has 0 aromatic heterocycles. The SMILES string of the molecule is O=S(=O)(O)C(c1cc(Cl)c(Cl)c(Cl)c1)(c1ccccc1Cl)c1cccc(O)c1O. The number of para-hydroxylation sites is 1. The van der Waals surface area contributed by atoms with Gasteiger partial charge in [-0.1, -0.05) is 76.7 Å². The van der Waals surface area contributed by atoms with E-state index in [-0.39, 0.29) is 36.8 Å². The number of benzene rings is 3. The van der Waals surface area contributed by atoms with Crippen LogP contribution in [0, 0.1) is 0 Å². The predicted molar refractivity (Wildman–Crippen MR) is 114 cm³/mol. The highest BCUT2D eigenvalue weighted by atomic mass is 35.5. The summed E-state index contributed by atoms with van der Waals surface area (Å²) in [6.45, 7) is 0. The second-order valence-corrected chi connectivity index (χ2v) is 9.23. The molecule has 1 unspecified atom stereocenters. The van der Waals surface area contributed by atoms with Crippen molar-refractivity contribution in [2.24, 2.45) is 0 Å². The Labute approximate surface area is 186 Å². The minimum absolute atomic E-state index is 0.0272. The van der Waals surface area contributed by atoms with Crippen LogP contribution in [0.15, 0.2) is 54.6 Å². The smallest absolute Gasteiger partial charge is 0.283 e. The number of phenolic OH excluding ortho intramolecular Hbond substituents is 2. The maximum Gasteiger partial charge on any atom is 0.283 e. The highest BCUT2D eigenvalue weighted by Gasteiger charge is 2.51. The molecule has 10 heteroatoms. The third-order valence-corrected chi connectivity index (χ3v) is 7.40. The van der Waals surface area contributed by atoms with Crippen LogP contribution in [0.5, 0.6) is 11.5 Å². The zero-order valence-corrected chi connectivity index (χ0v) is 18.1. The Hall–Kier alpha value is -1.67. The number of aromatic hydroxyl groups is 2. The van der Waals surface area contributed by atoms with Crippen LogP contribution < -0.4 is 0 Å². The summed E-state index contributed by atoms with van der Waals surface area (Å²) in [4.78, 5) is 0. The Morgan fingerprint density at radius 1 is 0.759 bits per heavy atom. The van der Waals surface area contributed by atoms with Crippen molar-refractivity contribution < 1.29 is 23.2 Å². The van der Waals surface area contributed by atoms with Crippen molar-refractivity contribution in [3.8, 4) is 11.5 Å². The van der Waals surface area contributed by atoms with E-state index >= 15 is 0 Å². The van der Waals surface area contributed by atoms with Crippen molar-refractivity contribution in [1.82, 2.24) is 0 Å². The third-order valence-electron chi connectivity index (χ3n) is 4.42. The van der Waals surface area contributed by atoms with Crippen LogP contribution in [0.3, 0.4) is 0 Å². The van der Waals surface area contributed by atoms with Gasteiger partial charge in [0.2, 0.25) is 0 Å². The second kappa shape index (κ2) is 7.87. The Morgan fingerprint density at radius 2 is 1.31 bits per heavy atom. The normalized spacial score (nSPS) is 13.8. The van der Waals surface area contributed by atoms with E-state index < -0.39 is 26.4 Å². The van der Waals surface area contributed by atoms with Crippen LogP contribution >= 0.6 is 46.4 Å². The van der Waals surface area contributed by atoms with E-state index in [0.29, 0.717) is 0 Å². The highest BCUT2D eigenvalue weighted by Crippen LogP contribution is 2.52. The fourth-order valence-electron chi connectivity index (χ4n) is 3.20. The summed E-state index contributed by atoms with van der Waals surface area (Å²) in [5.74, 6) is -1.37. The van der Waals surface area contributed by atoms with Crippen molar-refractivity contribution in [2.75, 3.05) is 0 Å². The molecule has 3 N–H and O–H groups in total. The molecular weight excluding hydrogens is 482 g/mol. The largest absolute Gasteiger partial charge is 0.504 e. The average molecular weight is 494 g/mol. The van der Waals surface area contributed by atoms with Crippen LogP contribution in [0.1, 0.15) is 16.7 Å².